The predicted octanol–water partition coefficient (Wildman–Crippen LogP) is 3.35. The Morgan fingerprint density at radius 1 is 1.15 bits per heavy atom. The van der Waals surface area contributed by atoms with Gasteiger partial charge in [-0.05, 0) is 36.4 Å². The first-order valence-corrected chi connectivity index (χ1v) is 8.48. The van der Waals surface area contributed by atoms with E-state index in [-0.39, 0.29) is 18.2 Å². The van der Waals surface area contributed by atoms with Crippen LogP contribution in [-0.4, -0.2) is 32.6 Å². The first-order chi connectivity index (χ1) is 12.5. The Morgan fingerprint density at radius 2 is 1.88 bits per heavy atom. The van der Waals surface area contributed by atoms with Crippen LogP contribution < -0.4 is 19.7 Å². The lowest BCUT2D eigenvalue weighted by Crippen LogP contribution is -2.28. The molecule has 1 heterocycles. The summed E-state index contributed by atoms with van der Waals surface area (Å²) < 4.78 is 10.5. The number of anilines is 2. The molecule has 2 amide bonds. The van der Waals surface area contributed by atoms with E-state index in [1.165, 1.54) is 7.11 Å². The van der Waals surface area contributed by atoms with E-state index in [1.807, 2.05) is 0 Å². The van der Waals surface area contributed by atoms with Crippen molar-refractivity contribution in [1.29, 1.82) is 0 Å². The zero-order valence-electron chi connectivity index (χ0n) is 14.5. The molecule has 7 heteroatoms. The van der Waals surface area contributed by atoms with Gasteiger partial charge in [-0.1, -0.05) is 11.6 Å². The maximum Gasteiger partial charge on any atom is 0.229 e. The number of rotatable bonds is 5. The highest BCUT2D eigenvalue weighted by Crippen LogP contribution is 2.31. The monoisotopic (exact) mass is 374 g/mol. The van der Waals surface area contributed by atoms with Gasteiger partial charge in [0.25, 0.3) is 0 Å². The Balaban J connectivity index is 1.73. The molecule has 0 aliphatic carbocycles. The Hall–Kier alpha value is -2.73. The van der Waals surface area contributed by atoms with Crippen LogP contribution >= 0.6 is 11.6 Å². The highest BCUT2D eigenvalue weighted by Gasteiger charge is 2.35. The molecule has 0 aromatic heterocycles. The van der Waals surface area contributed by atoms with Crippen LogP contribution in [0.15, 0.2) is 42.5 Å². The first kappa shape index (κ1) is 18.1. The van der Waals surface area contributed by atoms with Gasteiger partial charge in [0.15, 0.2) is 0 Å². The van der Waals surface area contributed by atoms with Crippen LogP contribution in [0.3, 0.4) is 0 Å². The first-order valence-electron chi connectivity index (χ1n) is 8.10. The van der Waals surface area contributed by atoms with Gasteiger partial charge in [-0.25, -0.2) is 0 Å². The molecular formula is C19H19ClN2O4. The van der Waals surface area contributed by atoms with Crippen LogP contribution in [0.2, 0.25) is 5.02 Å². The van der Waals surface area contributed by atoms with Gasteiger partial charge in [-0.3, -0.25) is 9.59 Å². The van der Waals surface area contributed by atoms with E-state index in [2.05, 4.69) is 5.32 Å². The van der Waals surface area contributed by atoms with Crippen LogP contribution in [0, 0.1) is 5.92 Å². The van der Waals surface area contributed by atoms with Crippen molar-refractivity contribution >= 4 is 34.8 Å². The van der Waals surface area contributed by atoms with Crippen molar-refractivity contribution in [2.75, 3.05) is 31.0 Å². The van der Waals surface area contributed by atoms with Gasteiger partial charge in [-0.15, -0.1) is 0 Å². The van der Waals surface area contributed by atoms with E-state index < -0.39 is 5.92 Å². The van der Waals surface area contributed by atoms with Crippen LogP contribution in [0.1, 0.15) is 6.42 Å². The molecule has 0 saturated carbocycles. The van der Waals surface area contributed by atoms with Gasteiger partial charge >= 0.3 is 0 Å². The minimum absolute atomic E-state index is 0.0925. The summed E-state index contributed by atoms with van der Waals surface area (Å²) in [6, 6.07) is 12.1. The number of amides is 2. The zero-order valence-corrected chi connectivity index (χ0v) is 15.2. The minimum atomic E-state index is -0.450. The SMILES string of the molecule is COc1ccc(OC)c(NC(=O)[C@H]2CC(=O)N(c3ccc(Cl)cc3)C2)c1. The van der Waals surface area contributed by atoms with Crippen LogP contribution in [-0.2, 0) is 9.59 Å². The number of nitrogens with zero attached hydrogens (tertiary/aromatic N) is 1. The molecule has 3 rings (SSSR count). The minimum Gasteiger partial charge on any atom is -0.497 e. The standard InChI is InChI=1S/C19H19ClN2O4/c1-25-15-7-8-17(26-2)16(10-15)21-19(24)12-9-18(23)22(11-12)14-5-3-13(20)4-6-14/h3-8,10,12H,9,11H2,1-2H3,(H,21,24)/t12-/m0/s1. The smallest absolute Gasteiger partial charge is 0.229 e. The number of methoxy groups -OCH3 is 2. The third-order valence-corrected chi connectivity index (χ3v) is 4.55. The number of hydrogen-bond donors (Lipinski definition) is 1. The quantitative estimate of drug-likeness (QED) is 0.871. The topological polar surface area (TPSA) is 67.9 Å². The highest BCUT2D eigenvalue weighted by molar-refractivity contribution is 6.30. The Morgan fingerprint density at radius 3 is 2.54 bits per heavy atom. The van der Waals surface area contributed by atoms with E-state index in [0.29, 0.717) is 28.8 Å². The van der Waals surface area contributed by atoms with Gasteiger partial charge in [0.05, 0.1) is 25.8 Å². The second-order valence-electron chi connectivity index (χ2n) is 5.94. The fourth-order valence-electron chi connectivity index (χ4n) is 2.90. The number of carbonyl (C=O) groups excluding carboxylic acids is 2. The molecule has 1 aliphatic rings. The molecule has 1 N–H and O–H groups in total. The molecule has 2 aromatic carbocycles. The molecular weight excluding hydrogens is 356 g/mol. The van der Waals surface area contributed by atoms with Crippen molar-refractivity contribution in [2.24, 2.45) is 5.92 Å². The molecule has 26 heavy (non-hydrogen) atoms. The van der Waals surface area contributed by atoms with Gasteiger partial charge in [0.2, 0.25) is 11.8 Å². The van der Waals surface area contributed by atoms with Crippen molar-refractivity contribution < 1.29 is 19.1 Å². The highest BCUT2D eigenvalue weighted by atomic mass is 35.5. The lowest BCUT2D eigenvalue weighted by Gasteiger charge is -2.17. The summed E-state index contributed by atoms with van der Waals surface area (Å²) in [5, 5.41) is 3.43. The molecule has 1 atom stereocenters. The average Bonchev–Trinajstić information content (AvgIpc) is 3.04. The number of halogens is 1. The van der Waals surface area contributed by atoms with Crippen LogP contribution in [0.5, 0.6) is 11.5 Å². The number of ether oxygens (including phenoxy) is 2. The zero-order chi connectivity index (χ0) is 18.7. The van der Waals surface area contributed by atoms with Crippen molar-refractivity contribution in [1.82, 2.24) is 0 Å². The van der Waals surface area contributed by atoms with E-state index in [1.54, 1.807) is 54.5 Å². The van der Waals surface area contributed by atoms with Gasteiger partial charge in [0.1, 0.15) is 11.5 Å². The molecule has 0 radical (unpaired) electrons. The summed E-state index contributed by atoms with van der Waals surface area (Å²) >= 11 is 5.89. The summed E-state index contributed by atoms with van der Waals surface area (Å²) in [7, 11) is 3.08. The van der Waals surface area contributed by atoms with Gasteiger partial charge in [0, 0.05) is 29.7 Å². The Kier molecular flexibility index (Phi) is 5.32. The molecule has 1 fully saturated rings. The van der Waals surface area contributed by atoms with Crippen molar-refractivity contribution in [3.8, 4) is 11.5 Å². The van der Waals surface area contributed by atoms with E-state index >= 15 is 0 Å². The van der Waals surface area contributed by atoms with E-state index in [4.69, 9.17) is 21.1 Å². The third kappa shape index (κ3) is 3.75. The summed E-state index contributed by atoms with van der Waals surface area (Å²) in [5.41, 5.74) is 1.24. The van der Waals surface area contributed by atoms with Crippen molar-refractivity contribution in [3.05, 3.63) is 47.5 Å². The van der Waals surface area contributed by atoms with E-state index in [9.17, 15) is 9.59 Å². The summed E-state index contributed by atoms with van der Waals surface area (Å²) in [6.07, 6.45) is 0.154. The van der Waals surface area contributed by atoms with Gasteiger partial charge in [-0.2, -0.15) is 0 Å². The predicted molar refractivity (Wildman–Crippen MR) is 100 cm³/mol. The fraction of sp³-hybridized carbons (Fsp3) is 0.263. The van der Waals surface area contributed by atoms with Crippen molar-refractivity contribution in [2.45, 2.75) is 6.42 Å². The van der Waals surface area contributed by atoms with Gasteiger partial charge < -0.3 is 19.7 Å². The second kappa shape index (κ2) is 7.66. The molecule has 1 aliphatic heterocycles. The maximum atomic E-state index is 12.7. The number of nitrogens with one attached hydrogen (secondary N) is 1. The molecule has 136 valence electrons. The second-order valence-corrected chi connectivity index (χ2v) is 6.37. The Bertz CT molecular complexity index is 823. The summed E-state index contributed by atoms with van der Waals surface area (Å²) in [4.78, 5) is 26.6. The third-order valence-electron chi connectivity index (χ3n) is 4.30. The molecule has 2 aromatic rings. The van der Waals surface area contributed by atoms with Crippen LogP contribution in [0.4, 0.5) is 11.4 Å². The lowest BCUT2D eigenvalue weighted by molar-refractivity contribution is -0.122. The largest absolute Gasteiger partial charge is 0.497 e. The number of benzene rings is 2. The number of hydrogen-bond acceptors (Lipinski definition) is 4. The summed E-state index contributed by atoms with van der Waals surface area (Å²) in [6.45, 7) is 0.318. The molecule has 0 spiro atoms. The Labute approximate surface area is 156 Å². The molecule has 0 bridgehead atoms. The molecule has 6 nitrogen and oxygen atoms in total. The lowest BCUT2D eigenvalue weighted by atomic mass is 10.1. The van der Waals surface area contributed by atoms with E-state index in [0.717, 1.165) is 5.69 Å². The maximum absolute atomic E-state index is 12.7. The normalized spacial score (nSPS) is 16.5. The fourth-order valence-corrected chi connectivity index (χ4v) is 3.03. The number of carbonyl (C=O) groups is 2. The molecule has 0 unspecified atom stereocenters. The summed E-state index contributed by atoms with van der Waals surface area (Å²) in [5.74, 6) is 0.352. The molecule has 1 saturated heterocycles. The average molecular weight is 375 g/mol. The van der Waals surface area contributed by atoms with Crippen LogP contribution in [0.25, 0.3) is 0 Å². The van der Waals surface area contributed by atoms with Crippen molar-refractivity contribution in [3.63, 3.8) is 0 Å².